The second-order valence-corrected chi connectivity index (χ2v) is 10.4. The summed E-state index contributed by atoms with van der Waals surface area (Å²) >= 11 is 0. The van der Waals surface area contributed by atoms with Gasteiger partial charge in [-0.15, -0.1) is 0 Å². The molecule has 3 N–H and O–H groups in total. The number of amides is 1. The smallest absolute Gasteiger partial charge is 0.223 e. The zero-order chi connectivity index (χ0) is 21.9. The molecule has 1 aromatic rings. The second-order valence-electron chi connectivity index (χ2n) is 10.4. The Morgan fingerprint density at radius 1 is 1.29 bits per heavy atom. The molecule has 2 heterocycles. The quantitative estimate of drug-likeness (QED) is 0.578. The lowest BCUT2D eigenvalue weighted by atomic mass is 9.61. The molecule has 5 fully saturated rings. The Balaban J connectivity index is 1.36. The second kappa shape index (κ2) is 7.51. The number of aliphatic hydroxyl groups is 1. The van der Waals surface area contributed by atoms with Crippen LogP contribution in [-0.4, -0.2) is 53.5 Å². The molecule has 0 radical (unpaired) electrons. The van der Waals surface area contributed by atoms with E-state index in [0.717, 1.165) is 67.5 Å². The van der Waals surface area contributed by atoms with Crippen molar-refractivity contribution in [2.75, 3.05) is 19.5 Å². The number of hydrogen-bond donors (Lipinski definition) is 3. The molecule has 2 aliphatic heterocycles. The fraction of sp³-hybridized carbons (Fsp3) is 0.680. The van der Waals surface area contributed by atoms with E-state index in [-0.39, 0.29) is 23.9 Å². The first-order valence-corrected chi connectivity index (χ1v) is 11.8. The van der Waals surface area contributed by atoms with E-state index in [2.05, 4.69) is 10.2 Å². The molecule has 3 aliphatic carbocycles. The molecule has 5 aliphatic rings. The first kappa shape index (κ1) is 20.8. The Kier molecular flexibility index (Phi) is 5.04. The molecule has 31 heavy (non-hydrogen) atoms. The number of nitrogens with one attached hydrogen (secondary N) is 2. The van der Waals surface area contributed by atoms with Gasteiger partial charge in [-0.1, -0.05) is 6.92 Å². The number of methoxy groups -OCH3 is 1. The molecule has 6 nitrogen and oxygen atoms in total. The molecule has 4 bridgehead atoms. The van der Waals surface area contributed by atoms with Gasteiger partial charge in [-0.3, -0.25) is 4.79 Å². The van der Waals surface area contributed by atoms with Gasteiger partial charge in [-0.25, -0.2) is 0 Å². The summed E-state index contributed by atoms with van der Waals surface area (Å²) in [5, 5.41) is 23.1. The van der Waals surface area contributed by atoms with Crippen LogP contribution >= 0.6 is 0 Å². The van der Waals surface area contributed by atoms with E-state index in [1.807, 2.05) is 26.1 Å². The molecule has 6 rings (SSSR count). The molecule has 3 atom stereocenters. The van der Waals surface area contributed by atoms with Gasteiger partial charge in [0.05, 0.1) is 12.7 Å². The van der Waals surface area contributed by atoms with Crippen LogP contribution in [0.3, 0.4) is 0 Å². The van der Waals surface area contributed by atoms with Gasteiger partial charge in [-0.2, -0.15) is 0 Å². The van der Waals surface area contributed by atoms with Gasteiger partial charge < -0.3 is 25.5 Å². The Morgan fingerprint density at radius 3 is 2.52 bits per heavy atom. The van der Waals surface area contributed by atoms with E-state index < -0.39 is 5.60 Å². The number of ether oxygens (including phenoxy) is 1. The maximum absolute atomic E-state index is 13.4. The summed E-state index contributed by atoms with van der Waals surface area (Å²) in [6.07, 6.45) is 7.02. The van der Waals surface area contributed by atoms with E-state index in [0.29, 0.717) is 24.0 Å². The summed E-state index contributed by atoms with van der Waals surface area (Å²) in [6.45, 7) is 2.00. The number of anilines is 1. The molecule has 1 aromatic carbocycles. The number of rotatable bonds is 7. The number of benzene rings is 1. The summed E-state index contributed by atoms with van der Waals surface area (Å²) in [6, 6.07) is 4.32. The number of carbonyl (C=O) groups excluding carboxylic acids is 1. The number of hydrogen-bond acceptors (Lipinski definition) is 5. The molecule has 0 aromatic heterocycles. The zero-order valence-corrected chi connectivity index (χ0v) is 18.9. The maximum atomic E-state index is 13.4. The predicted octanol–water partition coefficient (Wildman–Crippen LogP) is 3.91. The topological polar surface area (TPSA) is 85.7 Å². The van der Waals surface area contributed by atoms with Crippen molar-refractivity contribution in [1.29, 1.82) is 5.41 Å². The fourth-order valence-electron chi connectivity index (χ4n) is 6.76. The van der Waals surface area contributed by atoms with E-state index in [1.54, 1.807) is 7.11 Å². The molecule has 1 amide bonds. The average molecular weight is 426 g/mol. The van der Waals surface area contributed by atoms with Crippen LogP contribution in [0.5, 0.6) is 5.75 Å². The van der Waals surface area contributed by atoms with Crippen LogP contribution in [0.15, 0.2) is 12.1 Å². The highest BCUT2D eigenvalue weighted by Crippen LogP contribution is 2.52. The third kappa shape index (κ3) is 3.53. The van der Waals surface area contributed by atoms with Gasteiger partial charge in [0.15, 0.2) is 0 Å². The first-order chi connectivity index (χ1) is 14.8. The predicted molar refractivity (Wildman–Crippen MR) is 121 cm³/mol. The number of carbonyl (C=O) groups is 1. The number of piperidine rings is 2. The monoisotopic (exact) mass is 425 g/mol. The average Bonchev–Trinajstić information content (AvgIpc) is 3.55. The fourth-order valence-corrected chi connectivity index (χ4v) is 6.76. The van der Waals surface area contributed by atoms with Crippen LogP contribution in [-0.2, 0) is 4.79 Å². The van der Waals surface area contributed by atoms with Crippen LogP contribution in [0.1, 0.15) is 75.3 Å². The van der Waals surface area contributed by atoms with Crippen molar-refractivity contribution < 1.29 is 14.6 Å². The van der Waals surface area contributed by atoms with Crippen LogP contribution < -0.4 is 10.1 Å². The SMILES string of the molecule is CNc1ccc(OC)c(C2CC2)c1C(=N)C(C)CC(=O)N1C2CC3CC1CC(O)(C3)C2. The highest BCUT2D eigenvalue weighted by molar-refractivity contribution is 6.07. The highest BCUT2D eigenvalue weighted by atomic mass is 16.5. The van der Waals surface area contributed by atoms with Crippen molar-refractivity contribution in [3.05, 3.63) is 23.3 Å². The molecule has 3 saturated carbocycles. The van der Waals surface area contributed by atoms with E-state index in [4.69, 9.17) is 10.1 Å². The molecular formula is C25H35N3O3. The summed E-state index contributed by atoms with van der Waals surface area (Å²) < 4.78 is 5.64. The molecule has 0 spiro atoms. The normalized spacial score (nSPS) is 32.1. The van der Waals surface area contributed by atoms with Crippen molar-refractivity contribution in [2.24, 2.45) is 11.8 Å². The largest absolute Gasteiger partial charge is 0.496 e. The summed E-state index contributed by atoms with van der Waals surface area (Å²) in [5.74, 6) is 1.83. The van der Waals surface area contributed by atoms with Crippen molar-refractivity contribution >= 4 is 17.3 Å². The van der Waals surface area contributed by atoms with Crippen molar-refractivity contribution in [3.63, 3.8) is 0 Å². The molecule has 6 heteroatoms. The van der Waals surface area contributed by atoms with Crippen LogP contribution in [0.4, 0.5) is 5.69 Å². The van der Waals surface area contributed by atoms with Crippen LogP contribution in [0, 0.1) is 17.2 Å². The third-order valence-corrected chi connectivity index (χ3v) is 8.11. The minimum Gasteiger partial charge on any atom is -0.496 e. The summed E-state index contributed by atoms with van der Waals surface area (Å²) in [4.78, 5) is 15.5. The van der Waals surface area contributed by atoms with E-state index in [1.165, 1.54) is 0 Å². The molecule has 3 unspecified atom stereocenters. The van der Waals surface area contributed by atoms with Gasteiger partial charge in [0, 0.05) is 54.0 Å². The standard InChI is InChI=1S/C25H35N3O3/c1-14(8-21(29)28-17-9-15-10-18(28)13-25(30,11-15)12-17)24(26)23-19(27-2)6-7-20(31-3)22(23)16-4-5-16/h6-7,14-18,26-27,30H,4-5,8-13H2,1-3H3. The minimum absolute atomic E-state index is 0.150. The third-order valence-electron chi connectivity index (χ3n) is 8.11. The van der Waals surface area contributed by atoms with Crippen LogP contribution in [0.25, 0.3) is 0 Å². The lowest BCUT2D eigenvalue weighted by Crippen LogP contribution is -2.65. The summed E-state index contributed by atoms with van der Waals surface area (Å²) in [7, 11) is 3.57. The molecule has 168 valence electrons. The van der Waals surface area contributed by atoms with Gasteiger partial charge in [-0.05, 0) is 68.9 Å². The Bertz CT molecular complexity index is 894. The van der Waals surface area contributed by atoms with E-state index in [9.17, 15) is 9.90 Å². The Hall–Kier alpha value is -2.08. The maximum Gasteiger partial charge on any atom is 0.223 e. The highest BCUT2D eigenvalue weighted by Gasteiger charge is 2.55. The molecular weight excluding hydrogens is 390 g/mol. The lowest BCUT2D eigenvalue weighted by Gasteiger charge is -2.59. The lowest BCUT2D eigenvalue weighted by molar-refractivity contribution is -0.175. The van der Waals surface area contributed by atoms with E-state index >= 15 is 0 Å². The van der Waals surface area contributed by atoms with Crippen LogP contribution in [0.2, 0.25) is 0 Å². The number of nitrogens with zero attached hydrogens (tertiary/aromatic N) is 1. The van der Waals surface area contributed by atoms with Crippen molar-refractivity contribution in [3.8, 4) is 5.75 Å². The van der Waals surface area contributed by atoms with Gasteiger partial charge >= 0.3 is 0 Å². The van der Waals surface area contributed by atoms with Gasteiger partial charge in [0.25, 0.3) is 0 Å². The van der Waals surface area contributed by atoms with Gasteiger partial charge in [0.1, 0.15) is 5.75 Å². The zero-order valence-electron chi connectivity index (χ0n) is 18.9. The van der Waals surface area contributed by atoms with Crippen molar-refractivity contribution in [2.45, 2.75) is 81.9 Å². The Labute approximate surface area is 184 Å². The minimum atomic E-state index is -0.549. The Morgan fingerprint density at radius 2 is 1.97 bits per heavy atom. The first-order valence-electron chi connectivity index (χ1n) is 11.8. The molecule has 2 saturated heterocycles. The van der Waals surface area contributed by atoms with Gasteiger partial charge in [0.2, 0.25) is 5.91 Å². The van der Waals surface area contributed by atoms with Crippen molar-refractivity contribution in [1.82, 2.24) is 4.90 Å². The summed E-state index contributed by atoms with van der Waals surface area (Å²) in [5.41, 5.74) is 2.94.